The van der Waals surface area contributed by atoms with Crippen LogP contribution >= 0.6 is 11.3 Å². The van der Waals surface area contributed by atoms with Crippen LogP contribution in [0.1, 0.15) is 52.7 Å². The van der Waals surface area contributed by atoms with Gasteiger partial charge in [0.1, 0.15) is 0 Å². The topological polar surface area (TPSA) is 58.4 Å². The summed E-state index contributed by atoms with van der Waals surface area (Å²) in [6, 6.07) is 2.75. The van der Waals surface area contributed by atoms with Crippen molar-refractivity contribution in [3.8, 4) is 0 Å². The second kappa shape index (κ2) is 6.50. The van der Waals surface area contributed by atoms with Gasteiger partial charge in [0.05, 0.1) is 4.88 Å². The van der Waals surface area contributed by atoms with Crippen molar-refractivity contribution in [1.82, 2.24) is 10.3 Å². The molecule has 0 saturated heterocycles. The van der Waals surface area contributed by atoms with Gasteiger partial charge in [0.15, 0.2) is 0 Å². The lowest BCUT2D eigenvalue weighted by atomic mass is 10.2. The molecule has 2 rings (SSSR count). The van der Waals surface area contributed by atoms with Crippen molar-refractivity contribution >= 4 is 17.2 Å². The Morgan fingerprint density at radius 1 is 1.58 bits per heavy atom. The number of carbonyl (C=O) groups is 1. The Kier molecular flexibility index (Phi) is 4.96. The minimum absolute atomic E-state index is 0.189. The Bertz CT molecular complexity index is 440. The monoisotopic (exact) mass is 281 g/mol. The molecule has 0 unspecified atom stereocenters. The third-order valence-electron chi connectivity index (χ3n) is 3.61. The zero-order valence-electron chi connectivity index (χ0n) is 11.7. The summed E-state index contributed by atoms with van der Waals surface area (Å²) in [7, 11) is 0. The Hall–Kier alpha value is -0.910. The van der Waals surface area contributed by atoms with Gasteiger partial charge in [0.2, 0.25) is 0 Å². The van der Waals surface area contributed by atoms with Crippen LogP contribution in [0.5, 0.6) is 0 Å². The van der Waals surface area contributed by atoms with Gasteiger partial charge in [-0.2, -0.15) is 0 Å². The summed E-state index contributed by atoms with van der Waals surface area (Å²) in [5.41, 5.74) is 3.47. The molecule has 1 fully saturated rings. The van der Waals surface area contributed by atoms with Gasteiger partial charge in [-0.3, -0.25) is 15.1 Å². The summed E-state index contributed by atoms with van der Waals surface area (Å²) in [5, 5.41) is 0. The normalized spacial score (nSPS) is 14.9. The van der Waals surface area contributed by atoms with Crippen LogP contribution in [0.15, 0.2) is 6.07 Å². The molecule has 0 spiro atoms. The Balaban J connectivity index is 2.03. The van der Waals surface area contributed by atoms with E-state index in [1.54, 1.807) is 0 Å². The van der Waals surface area contributed by atoms with E-state index in [4.69, 9.17) is 5.84 Å². The van der Waals surface area contributed by atoms with Crippen LogP contribution < -0.4 is 11.3 Å². The molecule has 0 bridgehead atoms. The van der Waals surface area contributed by atoms with Crippen LogP contribution in [-0.4, -0.2) is 23.4 Å². The van der Waals surface area contributed by atoms with Crippen molar-refractivity contribution in [2.24, 2.45) is 5.84 Å². The van der Waals surface area contributed by atoms with Crippen LogP contribution in [0, 0.1) is 6.92 Å². The van der Waals surface area contributed by atoms with Crippen molar-refractivity contribution in [2.75, 3.05) is 6.54 Å². The lowest BCUT2D eigenvalue weighted by Crippen LogP contribution is -2.29. The lowest BCUT2D eigenvalue weighted by Gasteiger charge is -2.21. The maximum Gasteiger partial charge on any atom is 0.275 e. The Morgan fingerprint density at radius 2 is 2.32 bits per heavy atom. The molecule has 1 amide bonds. The number of nitrogen functional groups attached to an aromatic ring is 1. The fourth-order valence-electron chi connectivity index (χ4n) is 2.27. The number of amides is 1. The van der Waals surface area contributed by atoms with Gasteiger partial charge in [-0.15, -0.1) is 11.3 Å². The SMILES string of the molecule is CCCCN(Cc1cc(C(=O)NN)sc1C)C1CC1. The molecule has 1 aromatic heterocycles. The summed E-state index contributed by atoms with van der Waals surface area (Å²) >= 11 is 1.53. The summed E-state index contributed by atoms with van der Waals surface area (Å²) in [6.07, 6.45) is 5.12. The quantitative estimate of drug-likeness (QED) is 0.458. The second-order valence-electron chi connectivity index (χ2n) is 5.22. The molecule has 19 heavy (non-hydrogen) atoms. The minimum Gasteiger partial charge on any atom is -0.296 e. The number of nitrogens with two attached hydrogens (primary N) is 1. The molecule has 0 atom stereocenters. The molecule has 1 heterocycles. The first kappa shape index (κ1) is 14.5. The van der Waals surface area contributed by atoms with Gasteiger partial charge in [0.25, 0.3) is 5.91 Å². The predicted molar refractivity (Wildman–Crippen MR) is 79.0 cm³/mol. The number of thiophene rings is 1. The van der Waals surface area contributed by atoms with Gasteiger partial charge in [-0.25, -0.2) is 5.84 Å². The Labute approximate surface area is 118 Å². The van der Waals surface area contributed by atoms with Crippen LogP contribution in [0.3, 0.4) is 0 Å². The van der Waals surface area contributed by atoms with Crippen LogP contribution in [0.25, 0.3) is 0 Å². The number of carbonyl (C=O) groups excluding carboxylic acids is 1. The number of nitrogens with zero attached hydrogens (tertiary/aromatic N) is 1. The molecule has 4 nitrogen and oxygen atoms in total. The first-order chi connectivity index (χ1) is 9.15. The average Bonchev–Trinajstić information content (AvgIpc) is 3.19. The molecule has 5 heteroatoms. The summed E-state index contributed by atoms with van der Waals surface area (Å²) in [4.78, 5) is 16.0. The van der Waals surface area contributed by atoms with Gasteiger partial charge < -0.3 is 0 Å². The maximum absolute atomic E-state index is 11.5. The molecule has 1 aromatic rings. The summed E-state index contributed by atoms with van der Waals surface area (Å²) in [5.74, 6) is 5.00. The molecule has 3 N–H and O–H groups in total. The number of hydrazine groups is 1. The molecular formula is C14H23N3OS. The third kappa shape index (κ3) is 3.78. The highest BCUT2D eigenvalue weighted by molar-refractivity contribution is 7.14. The number of hydrogen-bond acceptors (Lipinski definition) is 4. The van der Waals surface area contributed by atoms with Gasteiger partial charge in [-0.1, -0.05) is 13.3 Å². The number of unbranched alkanes of at least 4 members (excludes halogenated alkanes) is 1. The first-order valence-corrected chi connectivity index (χ1v) is 7.81. The summed E-state index contributed by atoms with van der Waals surface area (Å²) < 4.78 is 0. The van der Waals surface area contributed by atoms with E-state index in [0.717, 1.165) is 19.1 Å². The van der Waals surface area contributed by atoms with Crippen LogP contribution in [-0.2, 0) is 6.54 Å². The zero-order chi connectivity index (χ0) is 13.8. The number of hydrogen-bond donors (Lipinski definition) is 2. The van der Waals surface area contributed by atoms with E-state index in [1.807, 2.05) is 6.07 Å². The fraction of sp³-hybridized carbons (Fsp3) is 0.643. The van der Waals surface area contributed by atoms with E-state index in [9.17, 15) is 4.79 Å². The Morgan fingerprint density at radius 3 is 2.89 bits per heavy atom. The van der Waals surface area contributed by atoms with Crippen molar-refractivity contribution in [1.29, 1.82) is 0 Å². The molecule has 1 aliphatic rings. The van der Waals surface area contributed by atoms with E-state index in [0.29, 0.717) is 4.88 Å². The number of rotatable bonds is 7. The summed E-state index contributed by atoms with van der Waals surface area (Å²) in [6.45, 7) is 6.43. The maximum atomic E-state index is 11.5. The zero-order valence-corrected chi connectivity index (χ0v) is 12.6. The van der Waals surface area contributed by atoms with E-state index < -0.39 is 0 Å². The third-order valence-corrected chi connectivity index (χ3v) is 4.70. The molecular weight excluding hydrogens is 258 g/mol. The molecule has 0 aliphatic heterocycles. The highest BCUT2D eigenvalue weighted by Crippen LogP contribution is 2.31. The fourth-order valence-corrected chi connectivity index (χ4v) is 3.21. The second-order valence-corrected chi connectivity index (χ2v) is 6.48. The highest BCUT2D eigenvalue weighted by atomic mass is 32.1. The predicted octanol–water partition coefficient (Wildman–Crippen LogP) is 2.42. The van der Waals surface area contributed by atoms with Gasteiger partial charge in [0, 0.05) is 17.5 Å². The highest BCUT2D eigenvalue weighted by Gasteiger charge is 2.29. The number of nitrogens with one attached hydrogen (secondary N) is 1. The first-order valence-electron chi connectivity index (χ1n) is 7.00. The van der Waals surface area contributed by atoms with Gasteiger partial charge >= 0.3 is 0 Å². The lowest BCUT2D eigenvalue weighted by molar-refractivity contribution is 0.0957. The molecule has 106 valence electrons. The van der Waals surface area contributed by atoms with E-state index in [-0.39, 0.29) is 5.91 Å². The largest absolute Gasteiger partial charge is 0.296 e. The van der Waals surface area contributed by atoms with Crippen molar-refractivity contribution in [3.05, 3.63) is 21.4 Å². The van der Waals surface area contributed by atoms with E-state index in [1.165, 1.54) is 47.5 Å². The molecule has 1 saturated carbocycles. The molecule has 1 aliphatic carbocycles. The van der Waals surface area contributed by atoms with E-state index >= 15 is 0 Å². The smallest absolute Gasteiger partial charge is 0.275 e. The minimum atomic E-state index is -0.189. The van der Waals surface area contributed by atoms with Crippen molar-refractivity contribution in [3.63, 3.8) is 0 Å². The van der Waals surface area contributed by atoms with E-state index in [2.05, 4.69) is 24.2 Å². The van der Waals surface area contributed by atoms with Crippen LogP contribution in [0.2, 0.25) is 0 Å². The standard InChI is InChI=1S/C14H23N3OS/c1-3-4-7-17(12-5-6-12)9-11-8-13(14(18)16-15)19-10(11)2/h8,12H,3-7,9,15H2,1-2H3,(H,16,18). The van der Waals surface area contributed by atoms with Crippen LogP contribution in [0.4, 0.5) is 0 Å². The van der Waals surface area contributed by atoms with Crippen molar-refractivity contribution in [2.45, 2.75) is 52.1 Å². The molecule has 0 aromatic carbocycles. The van der Waals surface area contributed by atoms with Crippen molar-refractivity contribution < 1.29 is 4.79 Å². The van der Waals surface area contributed by atoms with Gasteiger partial charge in [-0.05, 0) is 44.4 Å². The number of aryl methyl sites for hydroxylation is 1. The molecule has 0 radical (unpaired) electrons. The average molecular weight is 281 g/mol.